The first-order valence-electron chi connectivity index (χ1n) is 6.83. The number of rotatable bonds is 2. The van der Waals surface area contributed by atoms with Crippen molar-refractivity contribution in [1.29, 1.82) is 0 Å². The molecule has 0 amide bonds. The van der Waals surface area contributed by atoms with Crippen LogP contribution in [0.1, 0.15) is 37.2 Å². The zero-order chi connectivity index (χ0) is 12.5. The Morgan fingerprint density at radius 1 is 1.11 bits per heavy atom. The van der Waals surface area contributed by atoms with E-state index < -0.39 is 0 Å². The summed E-state index contributed by atoms with van der Waals surface area (Å²) in [6.45, 7) is 1.08. The number of fused-ring (bicyclic) bond motifs is 3. The molecule has 98 valence electrons. The van der Waals surface area contributed by atoms with Crippen LogP contribution in [0.3, 0.4) is 0 Å². The molecule has 0 saturated heterocycles. The van der Waals surface area contributed by atoms with Gasteiger partial charge in [0.15, 0.2) is 0 Å². The maximum absolute atomic E-state index is 5.49. The van der Waals surface area contributed by atoms with Crippen molar-refractivity contribution in [2.75, 3.05) is 26.1 Å². The van der Waals surface area contributed by atoms with Crippen LogP contribution >= 0.6 is 0 Å². The smallest absolute Gasteiger partial charge is 0.145 e. The van der Waals surface area contributed by atoms with Gasteiger partial charge in [0.2, 0.25) is 0 Å². The maximum Gasteiger partial charge on any atom is 0.145 e. The van der Waals surface area contributed by atoms with E-state index in [-0.39, 0.29) is 0 Å². The Balaban J connectivity index is 2.05. The molecule has 1 aromatic carbocycles. The number of hydrogen-bond donors (Lipinski definition) is 1. The van der Waals surface area contributed by atoms with Gasteiger partial charge in [-0.2, -0.15) is 0 Å². The molecule has 1 fully saturated rings. The standard InChI is InChI=1S/C15H21NO2/c1-17-11-7-13-12-6-4-3-5-10(12)9-16-15(13)14(8-11)18-2/h7-8,10,12,16H,3-6,9H2,1-2H3. The van der Waals surface area contributed by atoms with Crippen molar-refractivity contribution in [3.05, 3.63) is 17.7 Å². The zero-order valence-corrected chi connectivity index (χ0v) is 11.2. The normalized spacial score (nSPS) is 25.7. The van der Waals surface area contributed by atoms with Gasteiger partial charge >= 0.3 is 0 Å². The third-order valence-electron chi connectivity index (χ3n) is 4.41. The van der Waals surface area contributed by atoms with Gasteiger partial charge in [0, 0.05) is 12.6 Å². The Bertz CT molecular complexity index is 444. The van der Waals surface area contributed by atoms with Gasteiger partial charge in [-0.15, -0.1) is 0 Å². The first kappa shape index (κ1) is 11.7. The van der Waals surface area contributed by atoms with Crippen molar-refractivity contribution in [2.24, 2.45) is 5.92 Å². The second-order valence-corrected chi connectivity index (χ2v) is 5.33. The molecule has 3 nitrogen and oxygen atoms in total. The number of hydrogen-bond acceptors (Lipinski definition) is 3. The van der Waals surface area contributed by atoms with Crippen molar-refractivity contribution < 1.29 is 9.47 Å². The van der Waals surface area contributed by atoms with Crippen LogP contribution in [0.15, 0.2) is 12.1 Å². The highest BCUT2D eigenvalue weighted by Crippen LogP contribution is 2.48. The number of nitrogens with one attached hydrogen (secondary N) is 1. The Morgan fingerprint density at radius 2 is 1.94 bits per heavy atom. The van der Waals surface area contributed by atoms with Crippen LogP contribution in [0, 0.1) is 5.92 Å². The molecule has 0 aromatic heterocycles. The summed E-state index contributed by atoms with van der Waals surface area (Å²) in [6, 6.07) is 4.15. The van der Waals surface area contributed by atoms with E-state index in [0.29, 0.717) is 5.92 Å². The summed E-state index contributed by atoms with van der Waals surface area (Å²) in [5.41, 5.74) is 2.57. The Morgan fingerprint density at radius 3 is 2.72 bits per heavy atom. The van der Waals surface area contributed by atoms with E-state index in [1.165, 1.54) is 36.9 Å². The van der Waals surface area contributed by atoms with Crippen molar-refractivity contribution >= 4 is 5.69 Å². The molecule has 1 aliphatic heterocycles. The molecule has 1 N–H and O–H groups in total. The highest BCUT2D eigenvalue weighted by atomic mass is 16.5. The molecule has 0 spiro atoms. The quantitative estimate of drug-likeness (QED) is 0.868. The zero-order valence-electron chi connectivity index (χ0n) is 11.2. The average Bonchev–Trinajstić information content (AvgIpc) is 2.45. The van der Waals surface area contributed by atoms with E-state index in [1.54, 1.807) is 14.2 Å². The molecule has 1 aliphatic carbocycles. The minimum atomic E-state index is 0.680. The lowest BCUT2D eigenvalue weighted by Gasteiger charge is -2.38. The Labute approximate surface area is 108 Å². The second-order valence-electron chi connectivity index (χ2n) is 5.33. The summed E-state index contributed by atoms with van der Waals surface area (Å²) in [5, 5.41) is 3.55. The molecule has 2 atom stereocenters. The number of ether oxygens (including phenoxy) is 2. The first-order valence-corrected chi connectivity index (χ1v) is 6.83. The van der Waals surface area contributed by atoms with Crippen molar-refractivity contribution in [1.82, 2.24) is 0 Å². The number of benzene rings is 1. The molecule has 1 saturated carbocycles. The fourth-order valence-corrected chi connectivity index (χ4v) is 3.47. The summed E-state index contributed by atoms with van der Waals surface area (Å²) in [5.74, 6) is 3.27. The highest BCUT2D eigenvalue weighted by molar-refractivity contribution is 5.67. The summed E-state index contributed by atoms with van der Waals surface area (Å²) in [7, 11) is 3.44. The van der Waals surface area contributed by atoms with Crippen molar-refractivity contribution in [3.8, 4) is 11.5 Å². The van der Waals surface area contributed by atoms with Gasteiger partial charge in [0.1, 0.15) is 11.5 Å². The van der Waals surface area contributed by atoms with Crippen molar-refractivity contribution in [3.63, 3.8) is 0 Å². The summed E-state index contributed by atoms with van der Waals surface area (Å²) in [4.78, 5) is 0. The lowest BCUT2D eigenvalue weighted by atomic mass is 9.73. The van der Waals surface area contributed by atoms with Gasteiger partial charge in [-0.3, -0.25) is 0 Å². The summed E-state index contributed by atoms with van der Waals surface area (Å²) >= 11 is 0. The van der Waals surface area contributed by atoms with Crippen LogP contribution in [-0.2, 0) is 0 Å². The maximum atomic E-state index is 5.49. The van der Waals surface area contributed by atoms with Gasteiger partial charge in [-0.25, -0.2) is 0 Å². The monoisotopic (exact) mass is 247 g/mol. The lowest BCUT2D eigenvalue weighted by molar-refractivity contribution is 0.309. The van der Waals surface area contributed by atoms with Gasteiger partial charge in [-0.05, 0) is 36.3 Å². The SMILES string of the molecule is COc1cc(OC)c2c(c1)C1CCCCC1CN2. The molecule has 0 radical (unpaired) electrons. The van der Waals surface area contributed by atoms with Crippen LogP contribution in [0.25, 0.3) is 0 Å². The van der Waals surface area contributed by atoms with E-state index in [0.717, 1.165) is 24.0 Å². The molecule has 1 aromatic rings. The molecule has 3 heteroatoms. The van der Waals surface area contributed by atoms with Crippen LogP contribution < -0.4 is 14.8 Å². The topological polar surface area (TPSA) is 30.5 Å². The average molecular weight is 247 g/mol. The van der Waals surface area contributed by atoms with E-state index in [1.807, 2.05) is 6.07 Å². The third-order valence-corrected chi connectivity index (χ3v) is 4.41. The molecule has 3 rings (SSSR count). The fraction of sp³-hybridized carbons (Fsp3) is 0.600. The van der Waals surface area contributed by atoms with Gasteiger partial charge in [0.05, 0.1) is 19.9 Å². The summed E-state index contributed by atoms with van der Waals surface area (Å²) in [6.07, 6.45) is 5.37. The van der Waals surface area contributed by atoms with E-state index >= 15 is 0 Å². The van der Waals surface area contributed by atoms with Crippen LogP contribution in [0.4, 0.5) is 5.69 Å². The lowest BCUT2D eigenvalue weighted by Crippen LogP contribution is -2.30. The van der Waals surface area contributed by atoms with Gasteiger partial charge in [0.25, 0.3) is 0 Å². The largest absolute Gasteiger partial charge is 0.497 e. The fourth-order valence-electron chi connectivity index (χ4n) is 3.47. The van der Waals surface area contributed by atoms with Crippen molar-refractivity contribution in [2.45, 2.75) is 31.6 Å². The Hall–Kier alpha value is -1.38. The molecule has 1 heterocycles. The predicted octanol–water partition coefficient (Wildman–Crippen LogP) is 3.40. The molecular formula is C15H21NO2. The first-order chi connectivity index (χ1) is 8.83. The van der Waals surface area contributed by atoms with Crippen LogP contribution in [0.5, 0.6) is 11.5 Å². The Kier molecular flexibility index (Phi) is 3.06. The minimum Gasteiger partial charge on any atom is -0.497 e. The van der Waals surface area contributed by atoms with E-state index in [4.69, 9.17) is 9.47 Å². The predicted molar refractivity (Wildman–Crippen MR) is 72.7 cm³/mol. The number of anilines is 1. The summed E-state index contributed by atoms with van der Waals surface area (Å²) < 4.78 is 10.9. The number of methoxy groups -OCH3 is 2. The van der Waals surface area contributed by atoms with Gasteiger partial charge in [-0.1, -0.05) is 12.8 Å². The van der Waals surface area contributed by atoms with Crippen LogP contribution in [0.2, 0.25) is 0 Å². The molecule has 2 unspecified atom stereocenters. The minimum absolute atomic E-state index is 0.680. The third kappa shape index (κ3) is 1.82. The van der Waals surface area contributed by atoms with Crippen LogP contribution in [-0.4, -0.2) is 20.8 Å². The molecule has 0 bridgehead atoms. The van der Waals surface area contributed by atoms with Gasteiger partial charge < -0.3 is 14.8 Å². The molecule has 18 heavy (non-hydrogen) atoms. The van der Waals surface area contributed by atoms with E-state index in [2.05, 4.69) is 11.4 Å². The second kappa shape index (κ2) is 4.71. The molecule has 2 aliphatic rings. The highest BCUT2D eigenvalue weighted by Gasteiger charge is 2.33. The molecular weight excluding hydrogens is 226 g/mol. The van der Waals surface area contributed by atoms with E-state index in [9.17, 15) is 0 Å².